The van der Waals surface area contributed by atoms with Crippen LogP contribution in [0.15, 0.2) is 24.3 Å². The molecule has 3 N–H and O–H groups in total. The third-order valence-corrected chi connectivity index (χ3v) is 5.92. The predicted octanol–water partition coefficient (Wildman–Crippen LogP) is 3.11. The number of hydrogen-bond donors (Lipinski definition) is 2. The first-order chi connectivity index (χ1) is 12.0. The molecule has 4 heteroatoms. The van der Waals surface area contributed by atoms with E-state index in [1.807, 2.05) is 0 Å². The Hall–Kier alpha value is -1.84. The van der Waals surface area contributed by atoms with Gasteiger partial charge in [0.05, 0.1) is 0 Å². The number of nitrogens with two attached hydrogens (primary N) is 1. The van der Waals surface area contributed by atoms with Crippen molar-refractivity contribution in [1.29, 1.82) is 0 Å². The molecule has 0 bridgehead atoms. The van der Waals surface area contributed by atoms with Gasteiger partial charge in [-0.2, -0.15) is 0 Å². The maximum absolute atomic E-state index is 12.5. The molecule has 2 aliphatic rings. The molecule has 0 radical (unpaired) electrons. The smallest absolute Gasteiger partial charge is 0.223 e. The monoisotopic (exact) mass is 342 g/mol. The Labute approximate surface area is 150 Å². The zero-order chi connectivity index (χ0) is 17.8. The fourth-order valence-electron chi connectivity index (χ4n) is 4.52. The van der Waals surface area contributed by atoms with E-state index in [-0.39, 0.29) is 29.7 Å². The van der Waals surface area contributed by atoms with E-state index in [9.17, 15) is 9.59 Å². The minimum atomic E-state index is -0.228. The Morgan fingerprint density at radius 1 is 1.04 bits per heavy atom. The highest BCUT2D eigenvalue weighted by Gasteiger charge is 2.34. The van der Waals surface area contributed by atoms with Crippen LogP contribution in [0.4, 0.5) is 0 Å². The number of hydrogen-bond acceptors (Lipinski definition) is 2. The Bertz CT molecular complexity index is 605. The molecule has 0 aromatic heterocycles. The molecule has 2 saturated carbocycles. The average Bonchev–Trinajstić information content (AvgIpc) is 3.11. The van der Waals surface area contributed by atoms with Crippen molar-refractivity contribution < 1.29 is 9.59 Å². The first kappa shape index (κ1) is 18.0. The zero-order valence-electron chi connectivity index (χ0n) is 15.2. The van der Waals surface area contributed by atoms with Crippen molar-refractivity contribution >= 4 is 11.8 Å². The summed E-state index contributed by atoms with van der Waals surface area (Å²) in [6.07, 6.45) is 7.73. The number of carbonyl (C=O) groups is 2. The SMILES string of the molecule is Cc1ccc(CC2CC(NC(=O)C3CCCC3)CC(C(N)=O)C2)cc1. The molecule has 3 atom stereocenters. The number of amides is 2. The van der Waals surface area contributed by atoms with E-state index in [1.54, 1.807) is 0 Å². The lowest BCUT2D eigenvalue weighted by molar-refractivity contribution is -0.128. The molecular formula is C21H30N2O2. The molecule has 4 nitrogen and oxygen atoms in total. The first-order valence-corrected chi connectivity index (χ1v) is 9.66. The van der Waals surface area contributed by atoms with Crippen molar-refractivity contribution in [1.82, 2.24) is 5.32 Å². The van der Waals surface area contributed by atoms with Gasteiger partial charge >= 0.3 is 0 Å². The molecule has 3 unspecified atom stereocenters. The lowest BCUT2D eigenvalue weighted by Crippen LogP contribution is -2.45. The molecule has 0 aliphatic heterocycles. The van der Waals surface area contributed by atoms with Crippen molar-refractivity contribution in [3.05, 3.63) is 35.4 Å². The predicted molar refractivity (Wildman–Crippen MR) is 98.8 cm³/mol. The van der Waals surface area contributed by atoms with Gasteiger partial charge in [0.1, 0.15) is 0 Å². The summed E-state index contributed by atoms with van der Waals surface area (Å²) in [5.74, 6) is 0.390. The topological polar surface area (TPSA) is 72.2 Å². The zero-order valence-corrected chi connectivity index (χ0v) is 15.2. The van der Waals surface area contributed by atoms with Crippen LogP contribution in [-0.2, 0) is 16.0 Å². The van der Waals surface area contributed by atoms with Gasteiger partial charge < -0.3 is 11.1 Å². The number of primary amides is 1. The molecule has 0 spiro atoms. The molecule has 0 saturated heterocycles. The van der Waals surface area contributed by atoms with E-state index >= 15 is 0 Å². The molecule has 25 heavy (non-hydrogen) atoms. The number of rotatable bonds is 5. The average molecular weight is 342 g/mol. The van der Waals surface area contributed by atoms with Crippen LogP contribution < -0.4 is 11.1 Å². The van der Waals surface area contributed by atoms with Crippen LogP contribution in [0.3, 0.4) is 0 Å². The van der Waals surface area contributed by atoms with Gasteiger partial charge in [0, 0.05) is 17.9 Å². The molecule has 0 heterocycles. The van der Waals surface area contributed by atoms with E-state index < -0.39 is 0 Å². The fraction of sp³-hybridized carbons (Fsp3) is 0.619. The number of carbonyl (C=O) groups excluding carboxylic acids is 2. The van der Waals surface area contributed by atoms with Gasteiger partial charge in [0.25, 0.3) is 0 Å². The van der Waals surface area contributed by atoms with E-state index in [4.69, 9.17) is 5.73 Å². The number of nitrogens with one attached hydrogen (secondary N) is 1. The molecule has 1 aromatic carbocycles. The highest BCUT2D eigenvalue weighted by atomic mass is 16.2. The summed E-state index contributed by atoms with van der Waals surface area (Å²) in [6.45, 7) is 2.09. The van der Waals surface area contributed by atoms with E-state index in [1.165, 1.54) is 11.1 Å². The number of aryl methyl sites for hydroxylation is 1. The van der Waals surface area contributed by atoms with E-state index in [0.717, 1.165) is 44.9 Å². The molecule has 2 amide bonds. The lowest BCUT2D eigenvalue weighted by atomic mass is 9.75. The Balaban J connectivity index is 1.63. The van der Waals surface area contributed by atoms with Crippen LogP contribution in [0.25, 0.3) is 0 Å². The largest absolute Gasteiger partial charge is 0.369 e. The normalized spacial score (nSPS) is 27.2. The highest BCUT2D eigenvalue weighted by molar-refractivity contribution is 5.80. The Kier molecular flexibility index (Phi) is 5.77. The summed E-state index contributed by atoms with van der Waals surface area (Å²) in [7, 11) is 0. The second-order valence-electron chi connectivity index (χ2n) is 8.05. The van der Waals surface area contributed by atoms with Crippen LogP contribution in [0.2, 0.25) is 0 Å². The number of benzene rings is 1. The Morgan fingerprint density at radius 3 is 2.36 bits per heavy atom. The second kappa shape index (κ2) is 8.03. The molecule has 2 fully saturated rings. The van der Waals surface area contributed by atoms with Crippen LogP contribution in [0.1, 0.15) is 56.1 Å². The summed E-state index contributed by atoms with van der Waals surface area (Å²) < 4.78 is 0. The third kappa shape index (κ3) is 4.83. The molecule has 2 aliphatic carbocycles. The van der Waals surface area contributed by atoms with Crippen molar-refractivity contribution in [2.75, 3.05) is 0 Å². The minimum absolute atomic E-state index is 0.0785. The van der Waals surface area contributed by atoms with Crippen LogP contribution in [0, 0.1) is 24.7 Å². The van der Waals surface area contributed by atoms with Crippen molar-refractivity contribution in [3.8, 4) is 0 Å². The van der Waals surface area contributed by atoms with Gasteiger partial charge in [0.2, 0.25) is 11.8 Å². The van der Waals surface area contributed by atoms with Crippen molar-refractivity contribution in [2.45, 2.75) is 64.3 Å². The van der Waals surface area contributed by atoms with Crippen molar-refractivity contribution in [2.24, 2.45) is 23.5 Å². The quantitative estimate of drug-likeness (QED) is 0.863. The van der Waals surface area contributed by atoms with E-state index in [2.05, 4.69) is 36.5 Å². The maximum atomic E-state index is 12.5. The lowest BCUT2D eigenvalue weighted by Gasteiger charge is -2.34. The van der Waals surface area contributed by atoms with Crippen LogP contribution >= 0.6 is 0 Å². The minimum Gasteiger partial charge on any atom is -0.369 e. The van der Waals surface area contributed by atoms with Gasteiger partial charge in [0.15, 0.2) is 0 Å². The summed E-state index contributed by atoms with van der Waals surface area (Å²) in [5, 5.41) is 3.22. The van der Waals surface area contributed by atoms with Crippen LogP contribution in [0.5, 0.6) is 0 Å². The van der Waals surface area contributed by atoms with Gasteiger partial charge in [-0.3, -0.25) is 9.59 Å². The summed E-state index contributed by atoms with van der Waals surface area (Å²) in [5.41, 5.74) is 8.15. The maximum Gasteiger partial charge on any atom is 0.223 e. The van der Waals surface area contributed by atoms with Gasteiger partial charge in [-0.05, 0) is 56.9 Å². The first-order valence-electron chi connectivity index (χ1n) is 9.66. The highest BCUT2D eigenvalue weighted by Crippen LogP contribution is 2.33. The Morgan fingerprint density at radius 2 is 1.72 bits per heavy atom. The van der Waals surface area contributed by atoms with Crippen LogP contribution in [-0.4, -0.2) is 17.9 Å². The molecular weight excluding hydrogens is 312 g/mol. The summed E-state index contributed by atoms with van der Waals surface area (Å²) in [4.78, 5) is 24.3. The molecule has 136 valence electrons. The molecule has 1 aromatic rings. The fourth-order valence-corrected chi connectivity index (χ4v) is 4.52. The molecule has 3 rings (SSSR count). The standard InChI is InChI=1S/C21H30N2O2/c1-14-6-8-15(9-7-14)10-16-11-18(20(22)24)13-19(12-16)23-21(25)17-4-2-3-5-17/h6-9,16-19H,2-5,10-13H2,1H3,(H2,22,24)(H,23,25). The van der Waals surface area contributed by atoms with E-state index in [0.29, 0.717) is 12.3 Å². The summed E-state index contributed by atoms with van der Waals surface area (Å²) >= 11 is 0. The third-order valence-electron chi connectivity index (χ3n) is 5.92. The van der Waals surface area contributed by atoms with Gasteiger partial charge in [-0.15, -0.1) is 0 Å². The summed E-state index contributed by atoms with van der Waals surface area (Å²) in [6, 6.07) is 8.66. The second-order valence-corrected chi connectivity index (χ2v) is 8.05. The van der Waals surface area contributed by atoms with Gasteiger partial charge in [-0.25, -0.2) is 0 Å². The van der Waals surface area contributed by atoms with Gasteiger partial charge in [-0.1, -0.05) is 42.7 Å². The van der Waals surface area contributed by atoms with Crippen molar-refractivity contribution in [3.63, 3.8) is 0 Å².